The van der Waals surface area contributed by atoms with Crippen molar-refractivity contribution < 1.29 is 14.6 Å². The van der Waals surface area contributed by atoms with E-state index >= 15 is 0 Å². The molecule has 230 valence electrons. The van der Waals surface area contributed by atoms with Gasteiger partial charge in [-0.05, 0) is 91.4 Å². The average molecular weight is 628 g/mol. The minimum Gasteiger partial charge on any atom is -0.437 e. The lowest BCUT2D eigenvalue weighted by Crippen LogP contribution is -2.47. The van der Waals surface area contributed by atoms with Crippen LogP contribution >= 0.6 is 23.2 Å². The number of carbonyl (C=O) groups is 1. The number of aromatic nitrogens is 2. The Morgan fingerprint density at radius 3 is 2.30 bits per heavy atom. The SMILES string of the molecule is CC(=O)NCC1CCN(Cc2cc(Oc3cnc(N4CCN(CCCO)CC4)cn3)cc(-c3cc(Cl)cc(Cl)c3)c2)CC1. The predicted octanol–water partition coefficient (Wildman–Crippen LogP) is 5.10. The van der Waals surface area contributed by atoms with Gasteiger partial charge in [-0.3, -0.25) is 14.6 Å². The number of anilines is 1. The van der Waals surface area contributed by atoms with Crippen LogP contribution in [0.3, 0.4) is 0 Å². The molecule has 2 aromatic carbocycles. The third kappa shape index (κ3) is 9.27. The van der Waals surface area contributed by atoms with Crippen LogP contribution < -0.4 is 15.0 Å². The fourth-order valence-electron chi connectivity index (χ4n) is 5.73. The van der Waals surface area contributed by atoms with Crippen LogP contribution in [0.25, 0.3) is 11.1 Å². The molecule has 3 aromatic rings. The Morgan fingerprint density at radius 1 is 0.930 bits per heavy atom. The second kappa shape index (κ2) is 15.2. The van der Waals surface area contributed by atoms with Gasteiger partial charge in [0.2, 0.25) is 11.8 Å². The van der Waals surface area contributed by atoms with Crippen LogP contribution in [0.5, 0.6) is 11.6 Å². The Labute approximate surface area is 263 Å². The number of ether oxygens (including phenoxy) is 1. The first-order valence-electron chi connectivity index (χ1n) is 15.0. The molecule has 0 aliphatic carbocycles. The van der Waals surface area contributed by atoms with E-state index in [4.69, 9.17) is 33.0 Å². The zero-order valence-electron chi connectivity index (χ0n) is 24.6. The largest absolute Gasteiger partial charge is 0.437 e. The van der Waals surface area contributed by atoms with E-state index in [9.17, 15) is 4.79 Å². The highest BCUT2D eigenvalue weighted by atomic mass is 35.5. The average Bonchev–Trinajstić information content (AvgIpc) is 3.00. The molecule has 2 aliphatic heterocycles. The molecule has 11 heteroatoms. The Balaban J connectivity index is 1.28. The van der Waals surface area contributed by atoms with Gasteiger partial charge in [0.25, 0.3) is 0 Å². The van der Waals surface area contributed by atoms with Crippen molar-refractivity contribution in [2.75, 3.05) is 63.9 Å². The van der Waals surface area contributed by atoms with Gasteiger partial charge in [-0.1, -0.05) is 23.2 Å². The lowest BCUT2D eigenvalue weighted by molar-refractivity contribution is -0.119. The van der Waals surface area contributed by atoms with Crippen molar-refractivity contribution in [2.24, 2.45) is 5.92 Å². The Bertz CT molecular complexity index is 1340. The van der Waals surface area contributed by atoms with E-state index < -0.39 is 0 Å². The lowest BCUT2D eigenvalue weighted by atomic mass is 9.96. The summed E-state index contributed by atoms with van der Waals surface area (Å²) in [4.78, 5) is 27.6. The molecule has 5 rings (SSSR count). The number of aliphatic hydroxyl groups is 1. The molecule has 2 fully saturated rings. The fraction of sp³-hybridized carbons (Fsp3) is 0.469. The topological polar surface area (TPSA) is 94.1 Å². The molecule has 2 N–H and O–H groups in total. The minimum absolute atomic E-state index is 0.0281. The second-order valence-corrected chi connectivity index (χ2v) is 12.3. The molecule has 0 atom stereocenters. The van der Waals surface area contributed by atoms with E-state index in [2.05, 4.69) is 42.1 Å². The van der Waals surface area contributed by atoms with Crippen LogP contribution in [0.4, 0.5) is 5.82 Å². The van der Waals surface area contributed by atoms with Crippen molar-refractivity contribution in [2.45, 2.75) is 32.7 Å². The van der Waals surface area contributed by atoms with Crippen LogP contribution in [0.1, 0.15) is 31.7 Å². The van der Waals surface area contributed by atoms with Gasteiger partial charge in [0.15, 0.2) is 0 Å². The molecular weight excluding hydrogens is 587 g/mol. The minimum atomic E-state index is 0.0281. The molecule has 2 aliphatic rings. The molecule has 43 heavy (non-hydrogen) atoms. The summed E-state index contributed by atoms with van der Waals surface area (Å²) in [7, 11) is 0. The van der Waals surface area contributed by atoms with Crippen molar-refractivity contribution in [3.05, 3.63) is 64.4 Å². The summed E-state index contributed by atoms with van der Waals surface area (Å²) in [6.07, 6.45) is 6.35. The smallest absolute Gasteiger partial charge is 0.237 e. The van der Waals surface area contributed by atoms with Gasteiger partial charge in [-0.15, -0.1) is 0 Å². The maximum Gasteiger partial charge on any atom is 0.237 e. The number of likely N-dealkylation sites (tertiary alicyclic amines) is 1. The van der Waals surface area contributed by atoms with E-state index in [0.29, 0.717) is 27.6 Å². The second-order valence-electron chi connectivity index (χ2n) is 11.4. The summed E-state index contributed by atoms with van der Waals surface area (Å²) in [5, 5.41) is 13.2. The summed E-state index contributed by atoms with van der Waals surface area (Å²) < 4.78 is 6.26. The zero-order chi connectivity index (χ0) is 30.2. The number of amides is 1. The maximum atomic E-state index is 11.3. The molecule has 1 amide bonds. The van der Waals surface area contributed by atoms with Crippen molar-refractivity contribution >= 4 is 34.9 Å². The van der Waals surface area contributed by atoms with Crippen LogP contribution in [0, 0.1) is 5.92 Å². The molecule has 3 heterocycles. The first-order chi connectivity index (χ1) is 20.8. The van der Waals surface area contributed by atoms with E-state index in [1.54, 1.807) is 25.4 Å². The number of carbonyl (C=O) groups excluding carboxylic acids is 1. The van der Waals surface area contributed by atoms with E-state index in [1.807, 2.05) is 18.2 Å². The first kappa shape index (κ1) is 31.5. The van der Waals surface area contributed by atoms with E-state index in [0.717, 1.165) is 101 Å². The van der Waals surface area contributed by atoms with Crippen molar-refractivity contribution in [3.8, 4) is 22.8 Å². The van der Waals surface area contributed by atoms with Crippen LogP contribution in [0.2, 0.25) is 10.0 Å². The van der Waals surface area contributed by atoms with Crippen LogP contribution in [-0.4, -0.2) is 89.7 Å². The fourth-order valence-corrected chi connectivity index (χ4v) is 6.26. The lowest BCUT2D eigenvalue weighted by Gasteiger charge is -2.35. The first-order valence-corrected chi connectivity index (χ1v) is 15.8. The monoisotopic (exact) mass is 626 g/mol. The molecule has 0 radical (unpaired) electrons. The van der Waals surface area contributed by atoms with Crippen molar-refractivity contribution in [3.63, 3.8) is 0 Å². The Hall–Kier alpha value is -2.95. The standard InChI is InChI=1S/C32H40Cl2N6O3/c1-23(42)35-19-24-3-6-39(7-4-24)22-25-13-26(27-15-28(33)18-29(34)16-27)17-30(14-25)43-32-21-36-31(20-37-32)40-10-8-38(9-11-40)5-2-12-41/h13-18,20-21,24,41H,2-12,19,22H2,1H3,(H,35,42). The van der Waals surface area contributed by atoms with Gasteiger partial charge < -0.3 is 20.1 Å². The van der Waals surface area contributed by atoms with Crippen LogP contribution in [-0.2, 0) is 11.3 Å². The third-order valence-corrected chi connectivity index (χ3v) is 8.52. The summed E-state index contributed by atoms with van der Waals surface area (Å²) in [6.45, 7) is 9.80. The zero-order valence-corrected chi connectivity index (χ0v) is 26.2. The van der Waals surface area contributed by atoms with Gasteiger partial charge in [0, 0.05) is 69.4 Å². The summed E-state index contributed by atoms with van der Waals surface area (Å²) in [5.74, 6) is 2.47. The highest BCUT2D eigenvalue weighted by Gasteiger charge is 2.21. The summed E-state index contributed by atoms with van der Waals surface area (Å²) >= 11 is 12.7. The number of piperidine rings is 1. The number of rotatable bonds is 11. The molecule has 1 aromatic heterocycles. The van der Waals surface area contributed by atoms with Gasteiger partial charge in [-0.25, -0.2) is 9.97 Å². The Kier molecular flexibility index (Phi) is 11.1. The number of piperazine rings is 1. The summed E-state index contributed by atoms with van der Waals surface area (Å²) in [6, 6.07) is 11.7. The molecule has 2 saturated heterocycles. The van der Waals surface area contributed by atoms with Gasteiger partial charge in [0.1, 0.15) is 11.6 Å². The molecule has 0 unspecified atom stereocenters. The van der Waals surface area contributed by atoms with Crippen molar-refractivity contribution in [1.29, 1.82) is 0 Å². The van der Waals surface area contributed by atoms with Gasteiger partial charge >= 0.3 is 0 Å². The number of nitrogens with zero attached hydrogens (tertiary/aromatic N) is 5. The molecule has 0 spiro atoms. The number of nitrogens with one attached hydrogen (secondary N) is 1. The highest BCUT2D eigenvalue weighted by Crippen LogP contribution is 2.33. The number of halogens is 2. The van der Waals surface area contributed by atoms with Gasteiger partial charge in [-0.2, -0.15) is 0 Å². The third-order valence-electron chi connectivity index (χ3n) is 8.08. The van der Waals surface area contributed by atoms with E-state index in [1.165, 1.54) is 0 Å². The highest BCUT2D eigenvalue weighted by molar-refractivity contribution is 6.35. The maximum absolute atomic E-state index is 11.3. The molecular formula is C32H40Cl2N6O3. The van der Waals surface area contributed by atoms with Gasteiger partial charge in [0.05, 0.1) is 12.4 Å². The molecule has 0 bridgehead atoms. The predicted molar refractivity (Wildman–Crippen MR) is 171 cm³/mol. The van der Waals surface area contributed by atoms with E-state index in [-0.39, 0.29) is 12.5 Å². The number of aliphatic hydroxyl groups excluding tert-OH is 1. The molecule has 9 nitrogen and oxygen atoms in total. The normalized spacial score (nSPS) is 16.8. The Morgan fingerprint density at radius 2 is 1.65 bits per heavy atom. The van der Waals surface area contributed by atoms with Crippen LogP contribution in [0.15, 0.2) is 48.8 Å². The number of benzene rings is 2. The summed E-state index contributed by atoms with van der Waals surface area (Å²) in [5.41, 5.74) is 2.99. The number of hydrogen-bond acceptors (Lipinski definition) is 8. The molecule has 0 saturated carbocycles. The van der Waals surface area contributed by atoms with Crippen molar-refractivity contribution in [1.82, 2.24) is 25.1 Å². The number of hydrogen-bond donors (Lipinski definition) is 2. The quantitative estimate of drug-likeness (QED) is 0.304.